The molecule has 0 aromatic rings. The van der Waals surface area contributed by atoms with E-state index < -0.39 is 0 Å². The van der Waals surface area contributed by atoms with Gasteiger partial charge in [0, 0.05) is 0 Å². The van der Waals surface area contributed by atoms with E-state index in [-0.39, 0.29) is 0 Å². The van der Waals surface area contributed by atoms with Gasteiger partial charge >= 0.3 is 0 Å². The molecular formula is C3H6B2O. The van der Waals surface area contributed by atoms with Crippen molar-refractivity contribution in [2.24, 2.45) is 0 Å². The Morgan fingerprint density at radius 2 is 2.50 bits per heavy atom. The largest absolute Gasteiger partial charge is 0.316 e. The molecule has 0 bridgehead atoms. The Hall–Kier alpha value is -0.200. The molecule has 6 heavy (non-hydrogen) atoms. The Morgan fingerprint density at radius 3 is 2.67 bits per heavy atom. The van der Waals surface area contributed by atoms with E-state index in [1.165, 1.54) is 0 Å². The van der Waals surface area contributed by atoms with Crippen LogP contribution >= 0.6 is 0 Å². The number of hydrogen-bond donors (Lipinski definition) is 0. The fraction of sp³-hybridized carbons (Fsp3) is 0.667. The van der Waals surface area contributed by atoms with Crippen molar-refractivity contribution in [1.82, 2.24) is 0 Å². The average molecular weight is 79.7 g/mol. The molecule has 0 heterocycles. The molecule has 0 saturated heterocycles. The Labute approximate surface area is 39.6 Å². The molecule has 0 aliphatic carbocycles. The SMILES string of the molecule is C[B]C[B]C=O. The smallest absolute Gasteiger partial charge is 0.189 e. The quantitative estimate of drug-likeness (QED) is 0.265. The minimum absolute atomic E-state index is 0.795. The molecule has 0 aliphatic heterocycles. The molecule has 0 spiro atoms. The molecule has 0 atom stereocenters. The van der Waals surface area contributed by atoms with Crippen molar-refractivity contribution in [1.29, 1.82) is 0 Å². The molecule has 0 saturated carbocycles. The molecule has 3 heteroatoms. The third kappa shape index (κ3) is 3.80. The zero-order valence-electron chi connectivity index (χ0n) is 3.85. The molecule has 0 amide bonds. The summed E-state index contributed by atoms with van der Waals surface area (Å²) in [6.45, 7) is 1.92. The highest BCUT2D eigenvalue weighted by Gasteiger charge is 1.81. The van der Waals surface area contributed by atoms with Crippen LogP contribution in [0.15, 0.2) is 0 Å². The lowest BCUT2D eigenvalue weighted by Crippen LogP contribution is -1.93. The van der Waals surface area contributed by atoms with Crippen LogP contribution in [-0.4, -0.2) is 20.7 Å². The summed E-state index contributed by atoms with van der Waals surface area (Å²) in [5, 5.41) is 0. The fourth-order valence-corrected chi connectivity index (χ4v) is 0.192. The van der Waals surface area contributed by atoms with Gasteiger partial charge in [-0.25, -0.2) is 0 Å². The molecule has 0 rings (SSSR count). The first-order valence-electron chi connectivity index (χ1n) is 1.96. The highest BCUT2D eigenvalue weighted by atomic mass is 16.1. The van der Waals surface area contributed by atoms with Crippen molar-refractivity contribution in [3.8, 4) is 0 Å². The van der Waals surface area contributed by atoms with Gasteiger partial charge in [-0.15, -0.1) is 0 Å². The second-order valence-corrected chi connectivity index (χ2v) is 1.02. The lowest BCUT2D eigenvalue weighted by atomic mass is 9.57. The van der Waals surface area contributed by atoms with Crippen molar-refractivity contribution < 1.29 is 4.79 Å². The van der Waals surface area contributed by atoms with E-state index >= 15 is 0 Å². The number of carbonyl (C=O) groups is 1. The van der Waals surface area contributed by atoms with Gasteiger partial charge in [-0.1, -0.05) is 13.0 Å². The maximum absolute atomic E-state index is 9.49. The molecule has 0 aliphatic rings. The standard InChI is InChI=1S/C3H6B2O/c1-4-2-5-3-6/h3H,2H2,1H3. The summed E-state index contributed by atoms with van der Waals surface area (Å²) >= 11 is 0. The van der Waals surface area contributed by atoms with Gasteiger partial charge in [0.2, 0.25) is 0 Å². The predicted octanol–water partition coefficient (Wildman–Crippen LogP) is 0.00890. The highest BCUT2D eigenvalue weighted by Crippen LogP contribution is 1.66. The molecule has 0 N–H and O–H groups in total. The summed E-state index contributed by atoms with van der Waals surface area (Å²) in [4.78, 5) is 9.49. The van der Waals surface area contributed by atoms with Crippen LogP contribution < -0.4 is 0 Å². The molecule has 30 valence electrons. The molecule has 0 aromatic carbocycles. The predicted molar refractivity (Wildman–Crippen MR) is 28.9 cm³/mol. The number of rotatable bonds is 3. The second kappa shape index (κ2) is 4.80. The molecule has 0 unspecified atom stereocenters. The summed E-state index contributed by atoms with van der Waals surface area (Å²) < 4.78 is 0. The third-order valence-corrected chi connectivity index (χ3v) is 0.468. The van der Waals surface area contributed by atoms with E-state index in [2.05, 4.69) is 0 Å². The van der Waals surface area contributed by atoms with Crippen molar-refractivity contribution in [2.45, 2.75) is 13.0 Å². The summed E-state index contributed by atoms with van der Waals surface area (Å²) in [5.74, 6) is 0. The summed E-state index contributed by atoms with van der Waals surface area (Å²) in [6, 6.07) is 0. The van der Waals surface area contributed by atoms with Gasteiger partial charge in [0.05, 0.1) is 13.5 Å². The van der Waals surface area contributed by atoms with Gasteiger partial charge in [0.1, 0.15) is 0 Å². The van der Waals surface area contributed by atoms with Gasteiger partial charge in [-0.2, -0.15) is 0 Å². The summed E-state index contributed by atoms with van der Waals surface area (Å²) in [5.41, 5.74) is 0. The van der Waals surface area contributed by atoms with Gasteiger partial charge in [0.15, 0.2) is 7.28 Å². The van der Waals surface area contributed by atoms with Crippen LogP contribution in [0.25, 0.3) is 0 Å². The molecule has 0 aromatic heterocycles. The van der Waals surface area contributed by atoms with Crippen LogP contribution in [0.1, 0.15) is 0 Å². The zero-order chi connectivity index (χ0) is 4.83. The Morgan fingerprint density at radius 1 is 1.83 bits per heavy atom. The first-order valence-corrected chi connectivity index (χ1v) is 1.96. The van der Waals surface area contributed by atoms with E-state index in [0.29, 0.717) is 0 Å². The van der Waals surface area contributed by atoms with E-state index in [4.69, 9.17) is 0 Å². The molecule has 0 fully saturated rings. The molecular weight excluding hydrogens is 73.7 g/mol. The average Bonchev–Trinajstić information content (AvgIpc) is 1.61. The van der Waals surface area contributed by atoms with Crippen molar-refractivity contribution in [3.63, 3.8) is 0 Å². The maximum atomic E-state index is 9.49. The first-order chi connectivity index (χ1) is 2.91. The third-order valence-electron chi connectivity index (χ3n) is 0.468. The van der Waals surface area contributed by atoms with E-state index in [1.54, 1.807) is 7.28 Å². The van der Waals surface area contributed by atoms with Gasteiger partial charge in [-0.05, 0) is 0 Å². The van der Waals surface area contributed by atoms with E-state index in [0.717, 1.165) is 12.4 Å². The lowest BCUT2D eigenvalue weighted by molar-refractivity contribution is 0.568. The van der Waals surface area contributed by atoms with E-state index in [9.17, 15) is 4.79 Å². The van der Waals surface area contributed by atoms with Crippen molar-refractivity contribution >= 4 is 20.7 Å². The monoisotopic (exact) mass is 80.1 g/mol. The second-order valence-electron chi connectivity index (χ2n) is 1.02. The van der Waals surface area contributed by atoms with Crippen LogP contribution in [0.4, 0.5) is 0 Å². The van der Waals surface area contributed by atoms with Crippen LogP contribution in [-0.2, 0) is 4.79 Å². The molecule has 2 radical (unpaired) electrons. The Balaban J connectivity index is 2.49. The number of hydrogen-bond acceptors (Lipinski definition) is 1. The summed E-state index contributed by atoms with van der Waals surface area (Å²) in [7, 11) is 3.49. The van der Waals surface area contributed by atoms with Crippen LogP contribution in [0.3, 0.4) is 0 Å². The minimum atomic E-state index is 0.795. The van der Waals surface area contributed by atoms with Crippen molar-refractivity contribution in [2.75, 3.05) is 0 Å². The summed E-state index contributed by atoms with van der Waals surface area (Å²) in [6.07, 6.45) is 1.60. The van der Waals surface area contributed by atoms with Gasteiger partial charge in [-0.3, -0.25) is 0 Å². The van der Waals surface area contributed by atoms with Crippen molar-refractivity contribution in [3.05, 3.63) is 0 Å². The lowest BCUT2D eigenvalue weighted by Gasteiger charge is -1.73. The van der Waals surface area contributed by atoms with Gasteiger partial charge in [0.25, 0.3) is 0 Å². The van der Waals surface area contributed by atoms with Crippen LogP contribution in [0.5, 0.6) is 0 Å². The topological polar surface area (TPSA) is 17.1 Å². The first kappa shape index (κ1) is 5.80. The fourth-order valence-electron chi connectivity index (χ4n) is 0.192. The zero-order valence-corrected chi connectivity index (χ0v) is 3.85. The van der Waals surface area contributed by atoms with Crippen LogP contribution in [0, 0.1) is 0 Å². The van der Waals surface area contributed by atoms with Gasteiger partial charge < -0.3 is 4.79 Å². The maximum Gasteiger partial charge on any atom is 0.189 e. The van der Waals surface area contributed by atoms with E-state index in [1.807, 2.05) is 14.1 Å². The highest BCUT2D eigenvalue weighted by molar-refractivity contribution is 6.74. The molecule has 1 nitrogen and oxygen atoms in total. The van der Waals surface area contributed by atoms with Crippen LogP contribution in [0.2, 0.25) is 13.0 Å². The minimum Gasteiger partial charge on any atom is -0.316 e. The Kier molecular flexibility index (Phi) is 4.64. The Bertz CT molecular complexity index is 37.8. The number of carbonyl (C=O) groups excluding carboxylic acids is 1. The normalized spacial score (nSPS) is 6.83.